The Morgan fingerprint density at radius 1 is 0.976 bits per heavy atom. The van der Waals surface area contributed by atoms with Crippen molar-refractivity contribution in [2.45, 2.75) is 79.8 Å². The van der Waals surface area contributed by atoms with Crippen LogP contribution in [-0.2, 0) is 13.0 Å². The highest BCUT2D eigenvalue weighted by molar-refractivity contribution is 6.30. The number of hydrogen-bond donors (Lipinski definition) is 2. The van der Waals surface area contributed by atoms with Crippen molar-refractivity contribution in [3.05, 3.63) is 94.2 Å². The maximum absolute atomic E-state index is 13.2. The first-order chi connectivity index (χ1) is 20.0. The van der Waals surface area contributed by atoms with E-state index in [1.165, 1.54) is 30.1 Å². The molecule has 0 aliphatic rings. The van der Waals surface area contributed by atoms with Crippen LogP contribution in [0.15, 0.2) is 76.4 Å². The van der Waals surface area contributed by atoms with Crippen LogP contribution in [-0.4, -0.2) is 44.0 Å². The van der Waals surface area contributed by atoms with Crippen molar-refractivity contribution in [2.24, 2.45) is 9.98 Å². The smallest absolute Gasteiger partial charge is 0.141 e. The van der Waals surface area contributed by atoms with Crippen LogP contribution in [0.1, 0.15) is 72.4 Å². The minimum absolute atomic E-state index is 0.124. The van der Waals surface area contributed by atoms with Crippen molar-refractivity contribution in [3.8, 4) is 0 Å². The van der Waals surface area contributed by atoms with E-state index in [1.807, 2.05) is 39.1 Å². The first kappa shape index (κ1) is 41.6. The Kier molecular flexibility index (Phi) is 24.8. The number of alkyl halides is 1. The molecule has 0 saturated carbocycles. The van der Waals surface area contributed by atoms with E-state index in [1.54, 1.807) is 19.2 Å². The third-order valence-electron chi connectivity index (χ3n) is 5.35. The van der Waals surface area contributed by atoms with Gasteiger partial charge in [0.05, 0.1) is 17.3 Å². The lowest BCUT2D eigenvalue weighted by molar-refractivity contribution is 0.429. The summed E-state index contributed by atoms with van der Waals surface area (Å²) < 4.78 is 25.8. The molecule has 42 heavy (non-hydrogen) atoms. The lowest BCUT2D eigenvalue weighted by atomic mass is 10.1. The van der Waals surface area contributed by atoms with Gasteiger partial charge in [-0.15, -0.1) is 11.6 Å². The molecule has 0 fully saturated rings. The SMILES string of the molecule is C=C(C(CN=CCC)=NC)/C(=C/CC)NCc1ccc(F)c(Cl)c1.CC.CC(C)(C)NCCc1ccc(F)cc1.CCl. The molecule has 2 N–H and O–H groups in total. The van der Waals surface area contributed by atoms with Gasteiger partial charge in [-0.05, 0) is 88.2 Å². The summed E-state index contributed by atoms with van der Waals surface area (Å²) in [5.41, 5.74) is 4.79. The van der Waals surface area contributed by atoms with Gasteiger partial charge in [0.2, 0.25) is 0 Å². The molecule has 4 nitrogen and oxygen atoms in total. The number of hydrogen-bond acceptors (Lipinski definition) is 4. The first-order valence-electron chi connectivity index (χ1n) is 14.4. The molecule has 0 amide bonds. The number of nitrogens with zero attached hydrogens (tertiary/aromatic N) is 2. The molecular weight excluding hydrogens is 573 g/mol. The fourth-order valence-corrected chi connectivity index (χ4v) is 3.53. The molecule has 0 radical (unpaired) electrons. The van der Waals surface area contributed by atoms with Crippen LogP contribution < -0.4 is 10.6 Å². The fraction of sp³-hybridized carbons (Fsp3) is 0.471. The monoisotopic (exact) mass is 624 g/mol. The molecule has 0 atom stereocenters. The molecule has 0 bridgehead atoms. The summed E-state index contributed by atoms with van der Waals surface area (Å²) >= 11 is 10.5. The van der Waals surface area contributed by atoms with E-state index < -0.39 is 5.82 Å². The summed E-state index contributed by atoms with van der Waals surface area (Å²) in [7, 11) is 1.74. The van der Waals surface area contributed by atoms with E-state index in [0.717, 1.165) is 48.4 Å². The Hall–Kier alpha value is -2.54. The summed E-state index contributed by atoms with van der Waals surface area (Å²) in [5, 5.41) is 6.85. The van der Waals surface area contributed by atoms with Crippen LogP contribution in [0.4, 0.5) is 8.78 Å². The largest absolute Gasteiger partial charge is 0.381 e. The first-order valence-corrected chi connectivity index (χ1v) is 15.5. The highest BCUT2D eigenvalue weighted by Crippen LogP contribution is 2.17. The van der Waals surface area contributed by atoms with Gasteiger partial charge in [-0.1, -0.05) is 70.1 Å². The molecule has 0 aliphatic carbocycles. The van der Waals surface area contributed by atoms with Crippen LogP contribution in [0.5, 0.6) is 0 Å². The number of aliphatic imine (C=N–C) groups is 2. The number of halogens is 4. The van der Waals surface area contributed by atoms with Crippen LogP contribution in [0, 0.1) is 11.6 Å². The van der Waals surface area contributed by atoms with Gasteiger partial charge in [0.1, 0.15) is 11.6 Å². The molecule has 236 valence electrons. The molecule has 2 rings (SSSR count). The predicted molar refractivity (Wildman–Crippen MR) is 184 cm³/mol. The highest BCUT2D eigenvalue weighted by atomic mass is 35.5. The van der Waals surface area contributed by atoms with E-state index in [-0.39, 0.29) is 16.4 Å². The Bertz CT molecular complexity index is 1090. The van der Waals surface area contributed by atoms with Gasteiger partial charge < -0.3 is 10.6 Å². The molecule has 0 aliphatic heterocycles. The van der Waals surface area contributed by atoms with E-state index in [4.69, 9.17) is 11.6 Å². The summed E-state index contributed by atoms with van der Waals surface area (Å²) in [6.45, 7) is 20.6. The van der Waals surface area contributed by atoms with E-state index in [9.17, 15) is 8.78 Å². The van der Waals surface area contributed by atoms with Crippen molar-refractivity contribution in [1.29, 1.82) is 0 Å². The number of allylic oxidation sites excluding steroid dienone is 2. The zero-order valence-corrected chi connectivity index (χ0v) is 28.6. The standard InChI is InChI=1S/C19H25ClFN3.C12H18FN.C2H6.CH3Cl/c1-5-7-18(14(3)19(22-4)13-23-10-6-2)24-12-15-8-9-17(21)16(20)11-15;1-12(2,3)14-9-8-10-4-6-11(13)7-5-10;2*1-2/h7-11,24H,3,5-6,12-13H2,1-2,4H3;4-7,14H,8-9H2,1-3H3;1-2H3;1H3/b18-7-,22-19?,23-10?;;;. The van der Waals surface area contributed by atoms with Gasteiger partial charge >= 0.3 is 0 Å². The molecule has 8 heteroatoms. The minimum atomic E-state index is -0.414. The molecule has 0 spiro atoms. The van der Waals surface area contributed by atoms with Crippen LogP contribution in [0.3, 0.4) is 0 Å². The average Bonchev–Trinajstić information content (AvgIpc) is 2.98. The van der Waals surface area contributed by atoms with E-state index in [2.05, 4.69) is 72.6 Å². The second kappa shape index (κ2) is 25.0. The van der Waals surface area contributed by atoms with Crippen molar-refractivity contribution in [2.75, 3.05) is 26.5 Å². The maximum atomic E-state index is 13.2. The number of rotatable bonds is 12. The quantitative estimate of drug-likeness (QED) is 0.140. The van der Waals surface area contributed by atoms with Crippen LogP contribution >= 0.6 is 23.2 Å². The van der Waals surface area contributed by atoms with E-state index in [0.29, 0.717) is 13.1 Å². The highest BCUT2D eigenvalue weighted by Gasteiger charge is 2.10. The fourth-order valence-electron chi connectivity index (χ4n) is 3.32. The van der Waals surface area contributed by atoms with Crippen molar-refractivity contribution < 1.29 is 8.78 Å². The molecule has 2 aromatic rings. The molecular formula is C34H52Cl2F2N4. The zero-order valence-electron chi connectivity index (χ0n) is 27.1. The Morgan fingerprint density at radius 3 is 2.07 bits per heavy atom. The molecule has 0 aromatic heterocycles. The zero-order chi connectivity index (χ0) is 32.6. The lowest BCUT2D eigenvalue weighted by Crippen LogP contribution is -2.37. The van der Waals surface area contributed by atoms with Crippen LogP contribution in [0.2, 0.25) is 5.02 Å². The molecule has 2 aromatic carbocycles. The average molecular weight is 626 g/mol. The molecule has 0 saturated heterocycles. The summed E-state index contributed by atoms with van der Waals surface area (Å²) in [6, 6.07) is 11.4. The minimum Gasteiger partial charge on any atom is -0.381 e. The van der Waals surface area contributed by atoms with Gasteiger partial charge in [-0.25, -0.2) is 8.78 Å². The third-order valence-corrected chi connectivity index (χ3v) is 5.64. The number of nitrogens with one attached hydrogen (secondary N) is 2. The maximum Gasteiger partial charge on any atom is 0.141 e. The van der Waals surface area contributed by atoms with Gasteiger partial charge in [0.15, 0.2) is 0 Å². The second-order valence-corrected chi connectivity index (χ2v) is 10.2. The normalized spacial score (nSPS) is 11.5. The van der Waals surface area contributed by atoms with Gasteiger partial charge in [-0.2, -0.15) is 0 Å². The van der Waals surface area contributed by atoms with Gasteiger partial charge in [0, 0.05) is 36.8 Å². The van der Waals surface area contributed by atoms with E-state index >= 15 is 0 Å². The number of benzene rings is 2. The van der Waals surface area contributed by atoms with Crippen LogP contribution in [0.25, 0.3) is 0 Å². The summed E-state index contributed by atoms with van der Waals surface area (Å²) in [6.07, 6.45) is 8.10. The molecule has 0 heterocycles. The second-order valence-electron chi connectivity index (χ2n) is 9.76. The summed E-state index contributed by atoms with van der Waals surface area (Å²) in [4.78, 5) is 8.63. The Balaban J connectivity index is 0. The van der Waals surface area contributed by atoms with Gasteiger partial charge in [0.25, 0.3) is 0 Å². The Labute approximate surface area is 264 Å². The predicted octanol–water partition coefficient (Wildman–Crippen LogP) is 9.61. The molecule has 0 unspecified atom stereocenters. The summed E-state index contributed by atoms with van der Waals surface area (Å²) in [5.74, 6) is -0.583. The lowest BCUT2D eigenvalue weighted by Gasteiger charge is -2.20. The Morgan fingerprint density at radius 2 is 1.57 bits per heavy atom. The van der Waals surface area contributed by atoms with Crippen molar-refractivity contribution >= 4 is 35.1 Å². The van der Waals surface area contributed by atoms with Gasteiger partial charge in [-0.3, -0.25) is 9.98 Å². The van der Waals surface area contributed by atoms with Crippen molar-refractivity contribution in [1.82, 2.24) is 10.6 Å². The third kappa shape index (κ3) is 19.6. The van der Waals surface area contributed by atoms with Crippen molar-refractivity contribution in [3.63, 3.8) is 0 Å². The topological polar surface area (TPSA) is 48.8 Å².